The Morgan fingerprint density at radius 1 is 1.07 bits per heavy atom. The molecule has 5 heteroatoms. The third kappa shape index (κ3) is 4.40. The number of aryl methyl sites for hydroxylation is 1. The van der Waals surface area contributed by atoms with Crippen molar-refractivity contribution in [3.63, 3.8) is 0 Å². The van der Waals surface area contributed by atoms with Crippen LogP contribution >= 0.6 is 0 Å². The molecule has 0 N–H and O–H groups in total. The van der Waals surface area contributed by atoms with Crippen LogP contribution in [0.25, 0.3) is 0 Å². The molecule has 5 nitrogen and oxygen atoms in total. The van der Waals surface area contributed by atoms with Crippen LogP contribution in [0.15, 0.2) is 48.5 Å². The number of rotatable bonds is 5. The van der Waals surface area contributed by atoms with Crippen molar-refractivity contribution in [3.05, 3.63) is 59.7 Å². The van der Waals surface area contributed by atoms with Crippen LogP contribution in [0.2, 0.25) is 0 Å². The number of benzene rings is 2. The first-order chi connectivity index (χ1) is 14.2. The van der Waals surface area contributed by atoms with E-state index in [1.54, 1.807) is 7.11 Å². The van der Waals surface area contributed by atoms with Crippen LogP contribution in [0.4, 0.5) is 5.69 Å². The molecule has 29 heavy (non-hydrogen) atoms. The van der Waals surface area contributed by atoms with Crippen molar-refractivity contribution >= 4 is 11.6 Å². The highest BCUT2D eigenvalue weighted by Crippen LogP contribution is 2.33. The van der Waals surface area contributed by atoms with E-state index in [9.17, 15) is 4.79 Å². The van der Waals surface area contributed by atoms with Crippen molar-refractivity contribution in [2.24, 2.45) is 0 Å². The molecular formula is C24H31N3O2. The summed E-state index contributed by atoms with van der Waals surface area (Å²) in [6, 6.07) is 17.0. The van der Waals surface area contributed by atoms with Gasteiger partial charge in [-0.2, -0.15) is 0 Å². The van der Waals surface area contributed by atoms with Crippen LogP contribution in [0.5, 0.6) is 5.75 Å². The van der Waals surface area contributed by atoms with E-state index in [0.29, 0.717) is 6.54 Å². The predicted molar refractivity (Wildman–Crippen MR) is 117 cm³/mol. The second-order valence-corrected chi connectivity index (χ2v) is 8.07. The van der Waals surface area contributed by atoms with Crippen molar-refractivity contribution in [2.75, 3.05) is 51.8 Å². The highest BCUT2D eigenvalue weighted by atomic mass is 16.5. The molecule has 0 saturated carbocycles. The molecule has 0 spiro atoms. The summed E-state index contributed by atoms with van der Waals surface area (Å²) < 4.78 is 5.24. The first-order valence-electron chi connectivity index (χ1n) is 10.6. The van der Waals surface area contributed by atoms with E-state index in [1.807, 2.05) is 24.1 Å². The molecule has 2 aromatic rings. The zero-order chi connectivity index (χ0) is 20.2. The lowest BCUT2D eigenvalue weighted by atomic mass is 9.87. The first kappa shape index (κ1) is 19.8. The molecule has 0 unspecified atom stereocenters. The number of nitrogens with zero attached hydrogens (tertiary/aromatic N) is 3. The second kappa shape index (κ2) is 8.87. The number of anilines is 1. The van der Waals surface area contributed by atoms with Crippen molar-refractivity contribution in [3.8, 4) is 5.75 Å². The standard InChI is InChI=1S/C24H31N3O2/c1-25(23-9-5-7-19-6-3-4-8-22(19)23)24(28)18-26-14-16-27(17-15-26)20-10-12-21(29-2)13-11-20/h3-4,6,8,10-13,23H,5,7,9,14-18H2,1-2H3/t23-/m0/s1. The monoisotopic (exact) mass is 393 g/mol. The van der Waals surface area contributed by atoms with Gasteiger partial charge in [-0.25, -0.2) is 0 Å². The number of amides is 1. The Hall–Kier alpha value is -2.53. The average Bonchev–Trinajstić information content (AvgIpc) is 2.79. The van der Waals surface area contributed by atoms with Crippen LogP contribution in [0.1, 0.15) is 30.0 Å². The Bertz CT molecular complexity index is 828. The van der Waals surface area contributed by atoms with Crippen LogP contribution in [-0.4, -0.2) is 62.6 Å². The van der Waals surface area contributed by atoms with Gasteiger partial charge in [0, 0.05) is 38.9 Å². The number of methoxy groups -OCH3 is 1. The van der Waals surface area contributed by atoms with E-state index in [1.165, 1.54) is 16.8 Å². The van der Waals surface area contributed by atoms with Crippen molar-refractivity contribution in [1.29, 1.82) is 0 Å². The lowest BCUT2D eigenvalue weighted by Gasteiger charge is -2.38. The summed E-state index contributed by atoms with van der Waals surface area (Å²) in [4.78, 5) is 19.6. The summed E-state index contributed by atoms with van der Waals surface area (Å²) in [5.41, 5.74) is 3.95. The number of ether oxygens (including phenoxy) is 1. The SMILES string of the molecule is COc1ccc(N2CCN(CC(=O)N(C)[C@H]3CCCc4ccccc43)CC2)cc1. The topological polar surface area (TPSA) is 36.0 Å². The van der Waals surface area contributed by atoms with Crippen LogP contribution in [0, 0.1) is 0 Å². The van der Waals surface area contributed by atoms with Gasteiger partial charge in [-0.15, -0.1) is 0 Å². The van der Waals surface area contributed by atoms with Gasteiger partial charge in [-0.1, -0.05) is 24.3 Å². The fourth-order valence-electron chi connectivity index (χ4n) is 4.56. The number of likely N-dealkylation sites (N-methyl/N-ethyl adjacent to an activating group) is 1. The zero-order valence-corrected chi connectivity index (χ0v) is 17.5. The Balaban J connectivity index is 1.32. The normalized spacial score (nSPS) is 19.5. The van der Waals surface area contributed by atoms with Gasteiger partial charge in [-0.3, -0.25) is 9.69 Å². The van der Waals surface area contributed by atoms with Gasteiger partial charge < -0.3 is 14.5 Å². The van der Waals surface area contributed by atoms with Gasteiger partial charge in [0.25, 0.3) is 0 Å². The summed E-state index contributed by atoms with van der Waals surface area (Å²) in [5.74, 6) is 1.11. The van der Waals surface area contributed by atoms with E-state index in [-0.39, 0.29) is 11.9 Å². The number of fused-ring (bicyclic) bond motifs is 1. The summed E-state index contributed by atoms with van der Waals surface area (Å²) in [6.45, 7) is 4.20. The summed E-state index contributed by atoms with van der Waals surface area (Å²) in [5, 5.41) is 0. The Labute approximate surface area is 173 Å². The molecule has 0 radical (unpaired) electrons. The molecule has 1 heterocycles. The molecule has 2 aliphatic rings. The van der Waals surface area contributed by atoms with E-state index in [0.717, 1.165) is 51.2 Å². The molecular weight excluding hydrogens is 362 g/mol. The number of carbonyl (C=O) groups excluding carboxylic acids is 1. The quantitative estimate of drug-likeness (QED) is 0.781. The number of hydrogen-bond donors (Lipinski definition) is 0. The van der Waals surface area contributed by atoms with Crippen molar-refractivity contribution in [1.82, 2.24) is 9.80 Å². The van der Waals surface area contributed by atoms with Gasteiger partial charge in [0.2, 0.25) is 5.91 Å². The second-order valence-electron chi connectivity index (χ2n) is 8.07. The van der Waals surface area contributed by atoms with Gasteiger partial charge >= 0.3 is 0 Å². The molecule has 1 aliphatic heterocycles. The molecule has 154 valence electrons. The van der Waals surface area contributed by atoms with Crippen LogP contribution in [0.3, 0.4) is 0 Å². The number of piperazine rings is 1. The van der Waals surface area contributed by atoms with Gasteiger partial charge in [0.15, 0.2) is 0 Å². The fraction of sp³-hybridized carbons (Fsp3) is 0.458. The molecule has 4 rings (SSSR count). The maximum atomic E-state index is 13.0. The van der Waals surface area contributed by atoms with Gasteiger partial charge in [0.05, 0.1) is 19.7 Å². The zero-order valence-electron chi connectivity index (χ0n) is 17.5. The lowest BCUT2D eigenvalue weighted by molar-refractivity contribution is -0.133. The highest BCUT2D eigenvalue weighted by molar-refractivity contribution is 5.78. The van der Waals surface area contributed by atoms with Crippen LogP contribution < -0.4 is 9.64 Å². The van der Waals surface area contributed by atoms with Crippen LogP contribution in [-0.2, 0) is 11.2 Å². The minimum Gasteiger partial charge on any atom is -0.497 e. The number of carbonyl (C=O) groups is 1. The molecule has 0 aromatic heterocycles. The molecule has 2 aromatic carbocycles. The van der Waals surface area contributed by atoms with Gasteiger partial charge in [0.1, 0.15) is 5.75 Å². The van der Waals surface area contributed by atoms with E-state index < -0.39 is 0 Å². The summed E-state index contributed by atoms with van der Waals surface area (Å²) >= 11 is 0. The Morgan fingerprint density at radius 3 is 2.52 bits per heavy atom. The van der Waals surface area contributed by atoms with Crippen molar-refractivity contribution < 1.29 is 9.53 Å². The minimum absolute atomic E-state index is 0.216. The molecule has 1 aliphatic carbocycles. The Morgan fingerprint density at radius 2 is 1.79 bits per heavy atom. The largest absolute Gasteiger partial charge is 0.497 e. The Kier molecular flexibility index (Phi) is 6.05. The predicted octanol–water partition coefficient (Wildman–Crippen LogP) is 3.35. The van der Waals surface area contributed by atoms with E-state index in [2.05, 4.69) is 46.2 Å². The van der Waals surface area contributed by atoms with Crippen molar-refractivity contribution in [2.45, 2.75) is 25.3 Å². The third-order valence-electron chi connectivity index (χ3n) is 6.37. The summed E-state index contributed by atoms with van der Waals surface area (Å²) in [7, 11) is 3.66. The van der Waals surface area contributed by atoms with E-state index >= 15 is 0 Å². The fourth-order valence-corrected chi connectivity index (χ4v) is 4.56. The maximum Gasteiger partial charge on any atom is 0.237 e. The van der Waals surface area contributed by atoms with Gasteiger partial charge in [-0.05, 0) is 54.7 Å². The first-order valence-corrected chi connectivity index (χ1v) is 10.6. The minimum atomic E-state index is 0.216. The third-order valence-corrected chi connectivity index (χ3v) is 6.37. The highest BCUT2D eigenvalue weighted by Gasteiger charge is 2.28. The summed E-state index contributed by atoms with van der Waals surface area (Å²) in [6.07, 6.45) is 3.34. The molecule has 1 atom stereocenters. The molecule has 1 amide bonds. The molecule has 0 bridgehead atoms. The average molecular weight is 394 g/mol. The molecule has 1 fully saturated rings. The van der Waals surface area contributed by atoms with E-state index in [4.69, 9.17) is 4.74 Å². The smallest absolute Gasteiger partial charge is 0.237 e. The lowest BCUT2D eigenvalue weighted by Crippen LogP contribution is -2.50. The molecule has 1 saturated heterocycles. The number of hydrogen-bond acceptors (Lipinski definition) is 4. The maximum absolute atomic E-state index is 13.0.